The van der Waals surface area contributed by atoms with Crippen LogP contribution in [0.1, 0.15) is 48.5 Å². The molecular formula is C15H29BN2O2Si. The summed E-state index contributed by atoms with van der Waals surface area (Å²) in [6, 6.07) is 0. The van der Waals surface area contributed by atoms with Gasteiger partial charge in [0.25, 0.3) is 0 Å². The number of rotatable bonds is 2. The third kappa shape index (κ3) is 2.73. The van der Waals surface area contributed by atoms with Gasteiger partial charge in [0.05, 0.1) is 11.2 Å². The van der Waals surface area contributed by atoms with Crippen LogP contribution in [0.5, 0.6) is 0 Å². The Morgan fingerprint density at radius 1 is 1.10 bits per heavy atom. The van der Waals surface area contributed by atoms with Gasteiger partial charge in [-0.15, -0.1) is 0 Å². The van der Waals surface area contributed by atoms with Gasteiger partial charge in [0.2, 0.25) is 0 Å². The SMILES string of the molecule is CC1(C)OB(c2cnn([Si](C)(C)C(C)(C)C)c2)OC1(C)C. The maximum absolute atomic E-state index is 6.10. The van der Waals surface area contributed by atoms with Crippen molar-refractivity contribution >= 4 is 20.8 Å². The van der Waals surface area contributed by atoms with Crippen molar-refractivity contribution in [2.45, 2.75) is 77.8 Å². The number of hydrogen-bond acceptors (Lipinski definition) is 3. The van der Waals surface area contributed by atoms with Gasteiger partial charge in [0.15, 0.2) is 8.24 Å². The minimum absolute atomic E-state index is 0.242. The maximum atomic E-state index is 6.10. The molecule has 21 heavy (non-hydrogen) atoms. The molecular weight excluding hydrogens is 279 g/mol. The predicted octanol–water partition coefficient (Wildman–Crippen LogP) is 3.04. The topological polar surface area (TPSA) is 36.3 Å². The van der Waals surface area contributed by atoms with Crippen LogP contribution in [0.15, 0.2) is 12.4 Å². The summed E-state index contributed by atoms with van der Waals surface area (Å²) in [7, 11) is -2.01. The first-order chi connectivity index (χ1) is 9.28. The average Bonchev–Trinajstić information content (AvgIpc) is 2.81. The molecule has 2 heterocycles. The Morgan fingerprint density at radius 2 is 1.57 bits per heavy atom. The van der Waals surface area contributed by atoms with E-state index in [-0.39, 0.29) is 23.4 Å². The van der Waals surface area contributed by atoms with E-state index in [0.29, 0.717) is 0 Å². The summed E-state index contributed by atoms with van der Waals surface area (Å²) in [4.78, 5) is 0. The molecule has 0 aromatic carbocycles. The van der Waals surface area contributed by atoms with E-state index in [1.54, 1.807) is 0 Å². The van der Waals surface area contributed by atoms with Crippen LogP contribution in [0.2, 0.25) is 18.1 Å². The van der Waals surface area contributed by atoms with Crippen molar-refractivity contribution in [2.24, 2.45) is 0 Å². The van der Waals surface area contributed by atoms with Gasteiger partial charge in [0.1, 0.15) is 0 Å². The number of hydrogen-bond donors (Lipinski definition) is 0. The molecule has 118 valence electrons. The van der Waals surface area contributed by atoms with E-state index in [9.17, 15) is 0 Å². The van der Waals surface area contributed by atoms with Crippen LogP contribution in [-0.4, -0.2) is 36.0 Å². The fraction of sp³-hybridized carbons (Fsp3) is 0.800. The van der Waals surface area contributed by atoms with Crippen molar-refractivity contribution in [3.8, 4) is 0 Å². The first kappa shape index (κ1) is 16.8. The largest absolute Gasteiger partial charge is 0.498 e. The van der Waals surface area contributed by atoms with E-state index < -0.39 is 8.24 Å². The molecule has 1 aromatic rings. The van der Waals surface area contributed by atoms with Crippen LogP contribution in [0, 0.1) is 0 Å². The Bertz CT molecular complexity index is 516. The van der Waals surface area contributed by atoms with Crippen LogP contribution in [0.4, 0.5) is 0 Å². The summed E-state index contributed by atoms with van der Waals surface area (Å²) in [5, 5.41) is 4.86. The van der Waals surface area contributed by atoms with Gasteiger partial charge in [0, 0.05) is 17.9 Å². The Kier molecular flexibility index (Phi) is 3.76. The molecule has 0 radical (unpaired) electrons. The molecule has 0 unspecified atom stereocenters. The predicted molar refractivity (Wildman–Crippen MR) is 90.5 cm³/mol. The second kappa shape index (κ2) is 4.70. The molecule has 1 aliphatic rings. The third-order valence-electron chi connectivity index (χ3n) is 5.54. The molecule has 0 saturated carbocycles. The number of aromatic nitrogens is 2. The molecule has 0 amide bonds. The van der Waals surface area contributed by atoms with Crippen molar-refractivity contribution in [1.29, 1.82) is 0 Å². The first-order valence-electron chi connectivity index (χ1n) is 7.69. The monoisotopic (exact) mass is 308 g/mol. The molecule has 0 bridgehead atoms. The highest BCUT2D eigenvalue weighted by molar-refractivity contribution is 6.78. The van der Waals surface area contributed by atoms with Gasteiger partial charge in [-0.25, -0.2) is 0 Å². The molecule has 1 aromatic heterocycles. The fourth-order valence-corrected chi connectivity index (χ4v) is 3.59. The average molecular weight is 308 g/mol. The van der Waals surface area contributed by atoms with Gasteiger partial charge in [-0.2, -0.15) is 5.10 Å². The van der Waals surface area contributed by atoms with E-state index in [4.69, 9.17) is 9.31 Å². The van der Waals surface area contributed by atoms with Crippen molar-refractivity contribution < 1.29 is 9.31 Å². The fourth-order valence-electron chi connectivity index (χ4n) is 2.09. The molecule has 0 spiro atoms. The Morgan fingerprint density at radius 3 is 2.00 bits per heavy atom. The van der Waals surface area contributed by atoms with Crippen molar-refractivity contribution in [3.63, 3.8) is 0 Å². The zero-order chi connectivity index (χ0) is 16.3. The zero-order valence-corrected chi connectivity index (χ0v) is 15.9. The van der Waals surface area contributed by atoms with E-state index in [2.05, 4.69) is 77.2 Å². The van der Waals surface area contributed by atoms with Gasteiger partial charge < -0.3 is 13.7 Å². The van der Waals surface area contributed by atoms with Crippen LogP contribution < -0.4 is 5.46 Å². The summed E-state index contributed by atoms with van der Waals surface area (Å²) in [6.45, 7) is 19.8. The Balaban J connectivity index is 2.27. The molecule has 2 rings (SSSR count). The summed E-state index contributed by atoms with van der Waals surface area (Å²) < 4.78 is 14.4. The van der Waals surface area contributed by atoms with Crippen molar-refractivity contribution in [1.82, 2.24) is 9.45 Å². The van der Waals surface area contributed by atoms with Crippen LogP contribution >= 0.6 is 0 Å². The molecule has 0 aliphatic carbocycles. The van der Waals surface area contributed by atoms with Gasteiger partial charge in [-0.3, -0.25) is 0 Å². The molecule has 1 aliphatic heterocycles. The lowest BCUT2D eigenvalue weighted by Gasteiger charge is -2.36. The second-order valence-electron chi connectivity index (χ2n) is 8.62. The van der Waals surface area contributed by atoms with Crippen LogP contribution in [-0.2, 0) is 9.31 Å². The highest BCUT2D eigenvalue weighted by Crippen LogP contribution is 2.38. The molecule has 0 N–H and O–H groups in total. The lowest BCUT2D eigenvalue weighted by molar-refractivity contribution is 0.00578. The quantitative estimate of drug-likeness (QED) is 0.788. The lowest BCUT2D eigenvalue weighted by Crippen LogP contribution is -2.46. The minimum Gasteiger partial charge on any atom is -0.399 e. The summed E-state index contributed by atoms with van der Waals surface area (Å²) in [5.41, 5.74) is 0.395. The van der Waals surface area contributed by atoms with E-state index in [1.165, 1.54) is 0 Å². The van der Waals surface area contributed by atoms with Gasteiger partial charge >= 0.3 is 7.12 Å². The summed E-state index contributed by atoms with van der Waals surface area (Å²) in [5.74, 6) is 0. The number of nitrogens with zero attached hydrogens (tertiary/aromatic N) is 2. The van der Waals surface area contributed by atoms with Crippen molar-refractivity contribution in [2.75, 3.05) is 0 Å². The lowest BCUT2D eigenvalue weighted by atomic mass is 9.82. The summed E-state index contributed by atoms with van der Waals surface area (Å²) >= 11 is 0. The van der Waals surface area contributed by atoms with Crippen LogP contribution in [0.25, 0.3) is 0 Å². The maximum Gasteiger partial charge on any atom is 0.498 e. The van der Waals surface area contributed by atoms with Crippen molar-refractivity contribution in [3.05, 3.63) is 12.4 Å². The highest BCUT2D eigenvalue weighted by atomic mass is 28.3. The highest BCUT2D eigenvalue weighted by Gasteiger charge is 2.52. The first-order valence-corrected chi connectivity index (χ1v) is 10.6. The van der Waals surface area contributed by atoms with E-state index >= 15 is 0 Å². The standard InChI is InChI=1S/C15H29BN2O2Si/c1-13(2,3)21(8,9)18-11-12(10-17-18)16-19-14(4,5)15(6,7)20-16/h10-11H,1-9H3. The van der Waals surface area contributed by atoms with E-state index in [0.717, 1.165) is 5.46 Å². The smallest absolute Gasteiger partial charge is 0.399 e. The van der Waals surface area contributed by atoms with Gasteiger partial charge in [-0.1, -0.05) is 20.8 Å². The Hall–Kier alpha value is -0.588. The normalized spacial score (nSPS) is 21.9. The molecule has 1 saturated heterocycles. The third-order valence-corrected chi connectivity index (χ3v) is 10.6. The minimum atomic E-state index is -1.69. The second-order valence-corrected chi connectivity index (χ2v) is 13.7. The molecule has 0 atom stereocenters. The molecule has 1 fully saturated rings. The van der Waals surface area contributed by atoms with E-state index in [1.807, 2.05) is 6.20 Å². The molecule has 6 heteroatoms. The Labute approximate surface area is 130 Å². The van der Waals surface area contributed by atoms with Gasteiger partial charge in [-0.05, 0) is 45.8 Å². The summed E-state index contributed by atoms with van der Waals surface area (Å²) in [6.07, 6.45) is 4.00. The van der Waals surface area contributed by atoms with Crippen LogP contribution in [0.3, 0.4) is 0 Å². The molecule has 4 nitrogen and oxygen atoms in total. The zero-order valence-electron chi connectivity index (χ0n) is 14.9.